The second-order valence-electron chi connectivity index (χ2n) is 2.63. The van der Waals surface area contributed by atoms with Crippen LogP contribution in [0.25, 0.3) is 0 Å². The Morgan fingerprint density at radius 1 is 1.42 bits per heavy atom. The van der Waals surface area contributed by atoms with Crippen LogP contribution in [0.4, 0.5) is 0 Å². The first-order chi connectivity index (χ1) is 5.56. The van der Waals surface area contributed by atoms with Crippen molar-refractivity contribution in [3.05, 3.63) is 0 Å². The maximum absolute atomic E-state index is 10.6. The largest absolute Gasteiger partial charge is 0.461 e. The molecule has 0 aromatic rings. The van der Waals surface area contributed by atoms with Gasteiger partial charge in [-0.05, 0) is 13.3 Å². The van der Waals surface area contributed by atoms with Gasteiger partial charge in [-0.1, -0.05) is 0 Å². The minimum absolute atomic E-state index is 0.0808. The first-order valence-electron chi connectivity index (χ1n) is 3.79. The Morgan fingerprint density at radius 3 is 2.33 bits per heavy atom. The maximum Gasteiger partial charge on any atom is 0.302 e. The predicted octanol–water partition coefficient (Wildman–Crippen LogP) is 1.53. The van der Waals surface area contributed by atoms with Crippen LogP contribution in [-0.4, -0.2) is 23.7 Å². The molecule has 0 aliphatic heterocycles. The Labute approximate surface area is 77.0 Å². The van der Waals surface area contributed by atoms with E-state index in [0.717, 1.165) is 0 Å². The number of alkyl halides is 1. The molecule has 3 nitrogen and oxygen atoms in total. The van der Waals surface area contributed by atoms with Crippen molar-refractivity contribution < 1.29 is 14.3 Å². The summed E-state index contributed by atoms with van der Waals surface area (Å²) in [5.74, 6) is -0.0335. The van der Waals surface area contributed by atoms with Gasteiger partial charge in [0.2, 0.25) is 0 Å². The highest BCUT2D eigenvalue weighted by atomic mass is 35.5. The highest BCUT2D eigenvalue weighted by molar-refractivity contribution is 6.18. The van der Waals surface area contributed by atoms with E-state index in [1.54, 1.807) is 0 Å². The molecule has 0 radical (unpaired) electrons. The van der Waals surface area contributed by atoms with E-state index in [0.29, 0.717) is 12.8 Å². The second kappa shape index (κ2) is 6.00. The van der Waals surface area contributed by atoms with Crippen molar-refractivity contribution in [1.29, 1.82) is 0 Å². The lowest BCUT2D eigenvalue weighted by atomic mass is 10.2. The molecule has 0 bridgehead atoms. The maximum atomic E-state index is 10.6. The summed E-state index contributed by atoms with van der Waals surface area (Å²) in [7, 11) is 0. The zero-order chi connectivity index (χ0) is 9.56. The lowest BCUT2D eigenvalue weighted by molar-refractivity contribution is -0.146. The molecular formula is C8H13ClO3. The van der Waals surface area contributed by atoms with Gasteiger partial charge in [-0.3, -0.25) is 4.79 Å². The van der Waals surface area contributed by atoms with E-state index >= 15 is 0 Å². The van der Waals surface area contributed by atoms with Crippen LogP contribution >= 0.6 is 11.6 Å². The lowest BCUT2D eigenvalue weighted by Gasteiger charge is -2.12. The Hall–Kier alpha value is -0.570. The van der Waals surface area contributed by atoms with Gasteiger partial charge in [0.05, 0.1) is 5.88 Å². The number of carbonyl (C=O) groups is 2. The van der Waals surface area contributed by atoms with Crippen LogP contribution in [0.3, 0.4) is 0 Å². The highest BCUT2D eigenvalue weighted by Crippen LogP contribution is 2.05. The summed E-state index contributed by atoms with van der Waals surface area (Å²) < 4.78 is 4.83. The topological polar surface area (TPSA) is 43.4 Å². The number of rotatable bonds is 5. The zero-order valence-corrected chi connectivity index (χ0v) is 8.06. The fourth-order valence-electron chi connectivity index (χ4n) is 0.767. The Bertz CT molecular complexity index is 168. The van der Waals surface area contributed by atoms with Crippen LogP contribution in [0.5, 0.6) is 0 Å². The molecule has 0 amide bonds. The van der Waals surface area contributed by atoms with Gasteiger partial charge in [0.15, 0.2) is 0 Å². The third-order valence-corrected chi connectivity index (χ3v) is 1.67. The van der Waals surface area contributed by atoms with Crippen LogP contribution in [0.15, 0.2) is 0 Å². The summed E-state index contributed by atoms with van der Waals surface area (Å²) in [5, 5.41) is 0. The van der Waals surface area contributed by atoms with Gasteiger partial charge in [-0.25, -0.2) is 0 Å². The molecule has 70 valence electrons. The first kappa shape index (κ1) is 11.4. The summed E-state index contributed by atoms with van der Waals surface area (Å²) in [4.78, 5) is 21.1. The molecule has 0 rings (SSSR count). The van der Waals surface area contributed by atoms with Crippen molar-refractivity contribution in [3.63, 3.8) is 0 Å². The molecule has 0 aliphatic rings. The van der Waals surface area contributed by atoms with Gasteiger partial charge in [-0.2, -0.15) is 0 Å². The number of carbonyl (C=O) groups excluding carboxylic acids is 2. The summed E-state index contributed by atoms with van der Waals surface area (Å²) in [5.41, 5.74) is 0. The minimum Gasteiger partial charge on any atom is -0.461 e. The number of halogens is 1. The zero-order valence-electron chi connectivity index (χ0n) is 7.30. The number of Topliss-reactive ketones (excluding diaryl/α,β-unsaturated/α-hetero) is 1. The van der Waals surface area contributed by atoms with Gasteiger partial charge < -0.3 is 9.53 Å². The van der Waals surface area contributed by atoms with E-state index in [9.17, 15) is 9.59 Å². The normalized spacial score (nSPS) is 12.2. The molecule has 0 aromatic carbocycles. The van der Waals surface area contributed by atoms with Gasteiger partial charge in [0.1, 0.15) is 11.9 Å². The molecule has 0 saturated heterocycles. The van der Waals surface area contributed by atoms with Crippen molar-refractivity contribution >= 4 is 23.4 Å². The highest BCUT2D eigenvalue weighted by Gasteiger charge is 2.10. The van der Waals surface area contributed by atoms with Crippen molar-refractivity contribution in [2.45, 2.75) is 32.8 Å². The second-order valence-corrected chi connectivity index (χ2v) is 2.94. The average Bonchev–Trinajstić information content (AvgIpc) is 1.97. The fourth-order valence-corrected chi connectivity index (χ4v) is 0.984. The monoisotopic (exact) mass is 192 g/mol. The van der Waals surface area contributed by atoms with Crippen LogP contribution in [0.2, 0.25) is 0 Å². The van der Waals surface area contributed by atoms with Gasteiger partial charge >= 0.3 is 5.97 Å². The molecule has 0 unspecified atom stereocenters. The number of hydrogen-bond acceptors (Lipinski definition) is 3. The van der Waals surface area contributed by atoms with Crippen molar-refractivity contribution in [2.75, 3.05) is 5.88 Å². The SMILES string of the molecule is CC(=O)CC[C@@H](CCl)OC(C)=O. The van der Waals surface area contributed by atoms with E-state index in [1.165, 1.54) is 13.8 Å². The number of esters is 1. The smallest absolute Gasteiger partial charge is 0.302 e. The molecule has 0 fully saturated rings. The standard InChI is InChI=1S/C8H13ClO3/c1-6(10)3-4-8(5-9)12-7(2)11/h8H,3-5H2,1-2H3/t8-/m0/s1. The molecule has 4 heteroatoms. The molecule has 0 aliphatic carbocycles. The first-order valence-corrected chi connectivity index (χ1v) is 4.32. The van der Waals surface area contributed by atoms with Crippen molar-refractivity contribution in [3.8, 4) is 0 Å². The van der Waals surface area contributed by atoms with Gasteiger partial charge in [0.25, 0.3) is 0 Å². The summed E-state index contributed by atoms with van der Waals surface area (Å²) in [6, 6.07) is 0. The predicted molar refractivity (Wildman–Crippen MR) is 46.2 cm³/mol. The summed E-state index contributed by atoms with van der Waals surface area (Å²) >= 11 is 5.51. The Balaban J connectivity index is 3.67. The molecular weight excluding hydrogens is 180 g/mol. The third kappa shape index (κ3) is 6.16. The van der Waals surface area contributed by atoms with Crippen molar-refractivity contribution in [2.24, 2.45) is 0 Å². The van der Waals surface area contributed by atoms with E-state index in [-0.39, 0.29) is 23.7 Å². The lowest BCUT2D eigenvalue weighted by Crippen LogP contribution is -2.18. The molecule has 0 aromatic heterocycles. The van der Waals surface area contributed by atoms with Gasteiger partial charge in [0, 0.05) is 13.3 Å². The summed E-state index contributed by atoms with van der Waals surface area (Å²) in [6.45, 7) is 2.83. The third-order valence-electron chi connectivity index (χ3n) is 1.32. The van der Waals surface area contributed by atoms with Crippen LogP contribution in [-0.2, 0) is 14.3 Å². The Morgan fingerprint density at radius 2 is 2.00 bits per heavy atom. The number of ketones is 1. The molecule has 1 atom stereocenters. The minimum atomic E-state index is -0.357. The van der Waals surface area contributed by atoms with E-state index in [1.807, 2.05) is 0 Å². The molecule has 0 saturated carbocycles. The number of hydrogen-bond donors (Lipinski definition) is 0. The van der Waals surface area contributed by atoms with Crippen LogP contribution in [0, 0.1) is 0 Å². The fraction of sp³-hybridized carbons (Fsp3) is 0.750. The molecule has 12 heavy (non-hydrogen) atoms. The Kier molecular flexibility index (Phi) is 5.72. The van der Waals surface area contributed by atoms with E-state index in [4.69, 9.17) is 16.3 Å². The summed E-state index contributed by atoms with van der Waals surface area (Å²) in [6.07, 6.45) is 0.594. The van der Waals surface area contributed by atoms with Crippen molar-refractivity contribution in [1.82, 2.24) is 0 Å². The quantitative estimate of drug-likeness (QED) is 0.490. The number of ether oxygens (including phenoxy) is 1. The van der Waals surface area contributed by atoms with Gasteiger partial charge in [-0.15, -0.1) is 11.6 Å². The molecule has 0 N–H and O–H groups in total. The van der Waals surface area contributed by atoms with E-state index < -0.39 is 0 Å². The molecule has 0 heterocycles. The van der Waals surface area contributed by atoms with E-state index in [2.05, 4.69) is 0 Å². The van der Waals surface area contributed by atoms with Crippen LogP contribution < -0.4 is 0 Å². The molecule has 0 spiro atoms. The van der Waals surface area contributed by atoms with Crippen LogP contribution in [0.1, 0.15) is 26.7 Å². The average molecular weight is 193 g/mol.